The molecule has 0 spiro atoms. The summed E-state index contributed by atoms with van der Waals surface area (Å²) in [5.41, 5.74) is 2.04. The average molecular weight is 366 g/mol. The van der Waals surface area contributed by atoms with E-state index in [2.05, 4.69) is 20.8 Å². The molecular weight excluding hydrogens is 347 g/mol. The first-order valence-corrected chi connectivity index (χ1v) is 8.40. The van der Waals surface area contributed by atoms with Crippen LogP contribution in [0.2, 0.25) is 0 Å². The van der Waals surface area contributed by atoms with E-state index in [1.807, 2.05) is 31.2 Å². The van der Waals surface area contributed by atoms with Crippen LogP contribution in [0.3, 0.4) is 0 Å². The minimum absolute atomic E-state index is 0.116. The zero-order chi connectivity index (χ0) is 19.1. The van der Waals surface area contributed by atoms with Gasteiger partial charge in [0.25, 0.3) is 5.91 Å². The van der Waals surface area contributed by atoms with Crippen molar-refractivity contribution in [2.45, 2.75) is 13.5 Å². The number of carbonyl (C=O) groups excluding carboxylic acids is 1. The summed E-state index contributed by atoms with van der Waals surface area (Å²) in [6.07, 6.45) is 0. The average Bonchev–Trinajstić information content (AvgIpc) is 2.68. The first-order chi connectivity index (χ1) is 13.1. The molecule has 27 heavy (non-hydrogen) atoms. The van der Waals surface area contributed by atoms with Crippen LogP contribution in [0.4, 0.5) is 16.0 Å². The van der Waals surface area contributed by atoms with Crippen LogP contribution in [0.15, 0.2) is 60.7 Å². The summed E-state index contributed by atoms with van der Waals surface area (Å²) in [5, 5.41) is 13.7. The Morgan fingerprint density at radius 1 is 0.963 bits per heavy atom. The quantitative estimate of drug-likeness (QED) is 0.669. The van der Waals surface area contributed by atoms with Crippen LogP contribution >= 0.6 is 0 Å². The van der Waals surface area contributed by atoms with E-state index in [1.54, 1.807) is 24.3 Å². The summed E-state index contributed by atoms with van der Waals surface area (Å²) >= 11 is 0. The number of anilines is 2. The molecule has 1 amide bonds. The Hall–Kier alpha value is -3.48. The lowest BCUT2D eigenvalue weighted by Crippen LogP contribution is -2.21. The molecule has 3 aromatic rings. The second-order valence-electron chi connectivity index (χ2n) is 5.93. The first-order valence-electron chi connectivity index (χ1n) is 8.40. The van der Waals surface area contributed by atoms with E-state index in [0.717, 1.165) is 11.1 Å². The zero-order valence-corrected chi connectivity index (χ0v) is 14.8. The molecule has 7 heteroatoms. The topological polar surface area (TPSA) is 76.1 Å². The summed E-state index contributed by atoms with van der Waals surface area (Å²) in [6, 6.07) is 17.0. The number of rotatable bonds is 7. The largest absolute Gasteiger partial charge is 0.484 e. The van der Waals surface area contributed by atoms with Gasteiger partial charge >= 0.3 is 0 Å². The molecule has 0 bridgehead atoms. The number of aromatic nitrogens is 2. The molecule has 0 aliphatic carbocycles. The van der Waals surface area contributed by atoms with Crippen molar-refractivity contribution >= 4 is 17.5 Å². The molecule has 138 valence electrons. The summed E-state index contributed by atoms with van der Waals surface area (Å²) in [6.45, 7) is 2.35. The molecular formula is C20H19FN4O2. The number of carbonyl (C=O) groups is 1. The second-order valence-corrected chi connectivity index (χ2v) is 5.93. The number of nitrogens with one attached hydrogen (secondary N) is 2. The normalized spacial score (nSPS) is 10.3. The maximum absolute atomic E-state index is 12.9. The number of aryl methyl sites for hydroxylation is 1. The Morgan fingerprint density at radius 2 is 1.63 bits per heavy atom. The third kappa shape index (κ3) is 5.78. The van der Waals surface area contributed by atoms with Crippen LogP contribution in [-0.2, 0) is 11.3 Å². The fourth-order valence-corrected chi connectivity index (χ4v) is 2.25. The lowest BCUT2D eigenvalue weighted by Gasteiger charge is -2.08. The molecule has 2 N–H and O–H groups in total. The van der Waals surface area contributed by atoms with Crippen LogP contribution in [0.5, 0.6) is 5.75 Å². The zero-order valence-electron chi connectivity index (χ0n) is 14.8. The smallest absolute Gasteiger partial charge is 0.263 e. The van der Waals surface area contributed by atoms with Crippen LogP contribution in [0, 0.1) is 12.7 Å². The highest BCUT2D eigenvalue weighted by atomic mass is 19.1. The predicted octanol–water partition coefficient (Wildman–Crippen LogP) is 3.55. The lowest BCUT2D eigenvalue weighted by molar-refractivity contribution is -0.118. The molecule has 0 saturated carbocycles. The molecule has 0 atom stereocenters. The van der Waals surface area contributed by atoms with Crippen molar-refractivity contribution in [3.05, 3.63) is 77.6 Å². The van der Waals surface area contributed by atoms with Gasteiger partial charge in [0.2, 0.25) is 0 Å². The van der Waals surface area contributed by atoms with Crippen molar-refractivity contribution < 1.29 is 13.9 Å². The number of benzene rings is 2. The third-order valence-corrected chi connectivity index (χ3v) is 3.71. The molecule has 0 radical (unpaired) electrons. The highest BCUT2D eigenvalue weighted by molar-refractivity contribution is 5.90. The highest BCUT2D eigenvalue weighted by Crippen LogP contribution is 2.12. The number of hydrogen-bond acceptors (Lipinski definition) is 5. The molecule has 2 aromatic carbocycles. The minimum Gasteiger partial charge on any atom is -0.484 e. The summed E-state index contributed by atoms with van der Waals surface area (Å²) in [5.74, 6) is 0.914. The number of amides is 1. The van der Waals surface area contributed by atoms with Gasteiger partial charge in [-0.25, -0.2) is 4.39 Å². The SMILES string of the molecule is Cc1ccc(OCC(=O)Nc2ccc(NCc3ccc(F)cc3)nn2)cc1. The minimum atomic E-state index is -0.322. The van der Waals surface area contributed by atoms with E-state index in [1.165, 1.54) is 12.1 Å². The molecule has 0 aliphatic rings. The molecule has 1 aromatic heterocycles. The highest BCUT2D eigenvalue weighted by Gasteiger charge is 2.06. The fourth-order valence-electron chi connectivity index (χ4n) is 2.25. The van der Waals surface area contributed by atoms with Crippen LogP contribution in [0.25, 0.3) is 0 Å². The fraction of sp³-hybridized carbons (Fsp3) is 0.150. The van der Waals surface area contributed by atoms with E-state index >= 15 is 0 Å². The van der Waals surface area contributed by atoms with Crippen molar-refractivity contribution in [3.63, 3.8) is 0 Å². The number of ether oxygens (including phenoxy) is 1. The van der Waals surface area contributed by atoms with Gasteiger partial charge in [-0.1, -0.05) is 29.8 Å². The van der Waals surface area contributed by atoms with Crippen molar-refractivity contribution in [2.75, 3.05) is 17.2 Å². The van der Waals surface area contributed by atoms with Gasteiger partial charge in [0.15, 0.2) is 12.4 Å². The van der Waals surface area contributed by atoms with Gasteiger partial charge in [-0.05, 0) is 48.9 Å². The van der Waals surface area contributed by atoms with Crippen molar-refractivity contribution in [1.82, 2.24) is 10.2 Å². The van der Waals surface area contributed by atoms with Crippen LogP contribution < -0.4 is 15.4 Å². The van der Waals surface area contributed by atoms with Gasteiger partial charge in [-0.15, -0.1) is 10.2 Å². The van der Waals surface area contributed by atoms with E-state index in [-0.39, 0.29) is 18.3 Å². The van der Waals surface area contributed by atoms with Gasteiger partial charge in [-0.2, -0.15) is 0 Å². The van der Waals surface area contributed by atoms with Gasteiger partial charge in [-0.3, -0.25) is 4.79 Å². The van der Waals surface area contributed by atoms with Crippen molar-refractivity contribution in [2.24, 2.45) is 0 Å². The maximum atomic E-state index is 12.9. The van der Waals surface area contributed by atoms with Crippen molar-refractivity contribution in [3.8, 4) is 5.75 Å². The summed E-state index contributed by atoms with van der Waals surface area (Å²) < 4.78 is 18.3. The maximum Gasteiger partial charge on any atom is 0.263 e. The Labute approximate surface area is 156 Å². The Bertz CT molecular complexity index is 881. The Balaban J connectivity index is 1.45. The van der Waals surface area contributed by atoms with Crippen molar-refractivity contribution in [1.29, 1.82) is 0 Å². The number of nitrogens with zero attached hydrogens (tertiary/aromatic N) is 2. The molecule has 3 rings (SSSR count). The second kappa shape index (κ2) is 8.75. The monoisotopic (exact) mass is 366 g/mol. The van der Waals surface area contributed by atoms with Gasteiger partial charge in [0.1, 0.15) is 17.4 Å². The summed E-state index contributed by atoms with van der Waals surface area (Å²) in [4.78, 5) is 11.9. The standard InChI is InChI=1S/C20H19FN4O2/c1-14-2-8-17(9-3-14)27-13-20(26)23-19-11-10-18(24-25-19)22-12-15-4-6-16(21)7-5-15/h2-11H,12-13H2,1H3,(H,22,24)(H,23,25,26). The summed E-state index contributed by atoms with van der Waals surface area (Å²) in [7, 11) is 0. The lowest BCUT2D eigenvalue weighted by atomic mass is 10.2. The third-order valence-electron chi connectivity index (χ3n) is 3.71. The molecule has 1 heterocycles. The Morgan fingerprint density at radius 3 is 2.30 bits per heavy atom. The molecule has 0 aliphatic heterocycles. The van der Waals surface area contributed by atoms with Gasteiger partial charge in [0.05, 0.1) is 0 Å². The molecule has 6 nitrogen and oxygen atoms in total. The molecule has 0 unspecified atom stereocenters. The first kappa shape index (κ1) is 18.3. The molecule has 0 fully saturated rings. The number of halogens is 1. The van der Waals surface area contributed by atoms with Crippen LogP contribution in [0.1, 0.15) is 11.1 Å². The predicted molar refractivity (Wildman–Crippen MR) is 101 cm³/mol. The number of hydrogen-bond donors (Lipinski definition) is 2. The van der Waals surface area contributed by atoms with Gasteiger partial charge < -0.3 is 15.4 Å². The van der Waals surface area contributed by atoms with E-state index in [4.69, 9.17) is 4.74 Å². The van der Waals surface area contributed by atoms with E-state index in [0.29, 0.717) is 23.9 Å². The molecule has 0 saturated heterocycles. The van der Waals surface area contributed by atoms with E-state index < -0.39 is 0 Å². The van der Waals surface area contributed by atoms with Crippen LogP contribution in [-0.4, -0.2) is 22.7 Å². The van der Waals surface area contributed by atoms with E-state index in [9.17, 15) is 9.18 Å². The van der Waals surface area contributed by atoms with Gasteiger partial charge in [0, 0.05) is 6.54 Å². The Kier molecular flexibility index (Phi) is 5.94.